The lowest BCUT2D eigenvalue weighted by molar-refractivity contribution is 0.768. The van der Waals surface area contributed by atoms with Gasteiger partial charge in [0.1, 0.15) is 0 Å². The first kappa shape index (κ1) is 45.7. The van der Waals surface area contributed by atoms with E-state index in [0.29, 0.717) is 5.82 Å². The third-order valence-corrected chi connectivity index (χ3v) is 16.8. The van der Waals surface area contributed by atoms with Gasteiger partial charge in [-0.2, -0.15) is 0 Å². The smallest absolute Gasteiger partial charge is 0.160 e. The van der Waals surface area contributed by atoms with Crippen LogP contribution in [0.25, 0.3) is 127 Å². The molecule has 3 heteroatoms. The molecule has 0 aliphatic heterocycles. The maximum atomic E-state index is 5.57. The molecule has 0 fully saturated rings. The van der Waals surface area contributed by atoms with E-state index in [0.717, 1.165) is 55.9 Å². The van der Waals surface area contributed by atoms with E-state index in [4.69, 9.17) is 9.97 Å². The van der Waals surface area contributed by atoms with Crippen molar-refractivity contribution in [2.75, 3.05) is 0 Å². The molecule has 372 valence electrons. The van der Waals surface area contributed by atoms with Crippen LogP contribution < -0.4 is 0 Å². The molecule has 0 amide bonds. The lowest BCUT2D eigenvalue weighted by Gasteiger charge is -2.34. The lowest BCUT2D eigenvalue weighted by Crippen LogP contribution is -2.28. The second kappa shape index (κ2) is 18.3. The predicted molar refractivity (Wildman–Crippen MR) is 333 cm³/mol. The lowest BCUT2D eigenvalue weighted by atomic mass is 9.67. The minimum absolute atomic E-state index is 0.564. The van der Waals surface area contributed by atoms with Crippen LogP contribution in [-0.2, 0) is 5.41 Å². The van der Waals surface area contributed by atoms with Crippen molar-refractivity contribution < 1.29 is 0 Å². The molecular weight excluding hydrogens is 967 g/mol. The standard InChI is InChI=1S/C77H49N3/c1-5-21-50(22-6-1)53-38-42-68-67-34-18-20-36-74(67)80(75(68)48-53)59-44-55(52-37-40-64-62-31-14-13-29-60(62)61-30-15-16-32-63(61)69(64)46-52)43-56(45-59)73-49-72(78-76(79-73)51-23-7-2-8-24-51)54-39-41-66-65-33-17-19-35-70(65)77(71(66)47-54,57-25-9-3-10-26-57)58-27-11-4-12-28-58/h1-49H. The topological polar surface area (TPSA) is 30.7 Å². The summed E-state index contributed by atoms with van der Waals surface area (Å²) in [6.45, 7) is 0. The first-order valence-corrected chi connectivity index (χ1v) is 27.5. The molecule has 1 aliphatic rings. The fraction of sp³-hybridized carbons (Fsp3) is 0.0130. The molecule has 0 saturated carbocycles. The fourth-order valence-corrected chi connectivity index (χ4v) is 13.3. The van der Waals surface area contributed by atoms with Crippen molar-refractivity contribution in [3.63, 3.8) is 0 Å². The van der Waals surface area contributed by atoms with Gasteiger partial charge in [0.2, 0.25) is 0 Å². The molecule has 0 atom stereocenters. The Bertz CT molecular complexity index is 4850. The van der Waals surface area contributed by atoms with Gasteiger partial charge in [-0.3, -0.25) is 0 Å². The van der Waals surface area contributed by atoms with Crippen LogP contribution in [0.4, 0.5) is 0 Å². The van der Waals surface area contributed by atoms with Gasteiger partial charge in [-0.05, 0) is 136 Å². The average molecular weight is 1020 g/mol. The summed E-state index contributed by atoms with van der Waals surface area (Å²) in [6.07, 6.45) is 0. The Labute approximate surface area is 464 Å². The molecule has 0 radical (unpaired) electrons. The molecule has 2 heterocycles. The maximum Gasteiger partial charge on any atom is 0.160 e. The molecule has 0 bridgehead atoms. The number of fused-ring (bicyclic) bond motifs is 12. The molecule has 15 aromatic rings. The van der Waals surface area contributed by atoms with Gasteiger partial charge in [-0.25, -0.2) is 9.97 Å². The van der Waals surface area contributed by atoms with Crippen LogP contribution in [0.2, 0.25) is 0 Å². The van der Waals surface area contributed by atoms with E-state index in [1.54, 1.807) is 0 Å². The molecular formula is C77H49N3. The van der Waals surface area contributed by atoms with Gasteiger partial charge in [0, 0.05) is 33.2 Å². The fourth-order valence-electron chi connectivity index (χ4n) is 13.3. The second-order valence-electron chi connectivity index (χ2n) is 21.2. The zero-order valence-electron chi connectivity index (χ0n) is 43.6. The Balaban J connectivity index is 0.961. The van der Waals surface area contributed by atoms with Crippen LogP contribution in [0.5, 0.6) is 0 Å². The van der Waals surface area contributed by atoms with E-state index in [2.05, 4.69) is 302 Å². The molecule has 16 rings (SSSR count). The third-order valence-electron chi connectivity index (χ3n) is 16.8. The minimum Gasteiger partial charge on any atom is -0.309 e. The van der Waals surface area contributed by atoms with E-state index in [1.807, 2.05) is 0 Å². The molecule has 0 N–H and O–H groups in total. The summed E-state index contributed by atoms with van der Waals surface area (Å²) in [5.41, 5.74) is 19.4. The Hall–Kier alpha value is -10.5. The number of para-hydroxylation sites is 1. The highest BCUT2D eigenvalue weighted by Crippen LogP contribution is 2.57. The summed E-state index contributed by atoms with van der Waals surface area (Å²) in [5, 5.41) is 9.88. The Kier molecular flexibility index (Phi) is 10.5. The number of nitrogens with zero attached hydrogens (tertiary/aromatic N) is 3. The van der Waals surface area contributed by atoms with Gasteiger partial charge in [0.25, 0.3) is 0 Å². The highest BCUT2D eigenvalue weighted by Gasteiger charge is 2.46. The largest absolute Gasteiger partial charge is 0.309 e. The van der Waals surface area contributed by atoms with E-state index in [9.17, 15) is 0 Å². The summed E-state index contributed by atoms with van der Waals surface area (Å²) >= 11 is 0. The summed E-state index contributed by atoms with van der Waals surface area (Å²) in [5.74, 6) is 0.666. The van der Waals surface area contributed by atoms with Crippen molar-refractivity contribution in [2.45, 2.75) is 5.41 Å². The van der Waals surface area contributed by atoms with Gasteiger partial charge < -0.3 is 4.57 Å². The van der Waals surface area contributed by atoms with Crippen molar-refractivity contribution in [3.8, 4) is 73.0 Å². The molecule has 2 aromatic heterocycles. The third kappa shape index (κ3) is 7.14. The van der Waals surface area contributed by atoms with Gasteiger partial charge >= 0.3 is 0 Å². The van der Waals surface area contributed by atoms with Crippen molar-refractivity contribution >= 4 is 54.1 Å². The first-order valence-electron chi connectivity index (χ1n) is 27.5. The SMILES string of the molecule is c1ccc(-c2ccc3c4ccccc4n(-c4cc(-c5ccc6c7ccccc7c7ccccc7c6c5)cc(-c5cc(-c6ccc7c(c6)C(c6ccccc6)(c6ccccc6)c6ccccc6-7)nc(-c6ccccc6)n5)c4)c3c2)cc1. The van der Waals surface area contributed by atoms with Crippen LogP contribution in [-0.4, -0.2) is 14.5 Å². The molecule has 13 aromatic carbocycles. The normalized spacial score (nSPS) is 12.6. The van der Waals surface area contributed by atoms with Gasteiger partial charge in [0.05, 0.1) is 27.8 Å². The molecule has 1 aliphatic carbocycles. The minimum atomic E-state index is -0.564. The summed E-state index contributed by atoms with van der Waals surface area (Å²) in [6, 6.07) is 109. The van der Waals surface area contributed by atoms with E-state index >= 15 is 0 Å². The number of rotatable bonds is 8. The van der Waals surface area contributed by atoms with Crippen LogP contribution >= 0.6 is 0 Å². The van der Waals surface area contributed by atoms with Crippen molar-refractivity contribution in [1.82, 2.24) is 14.5 Å². The van der Waals surface area contributed by atoms with Crippen LogP contribution in [0.1, 0.15) is 22.3 Å². The Morgan fingerprint density at radius 1 is 0.250 bits per heavy atom. The zero-order valence-corrected chi connectivity index (χ0v) is 43.6. The molecule has 3 nitrogen and oxygen atoms in total. The summed E-state index contributed by atoms with van der Waals surface area (Å²) in [7, 11) is 0. The van der Waals surface area contributed by atoms with Crippen molar-refractivity contribution in [3.05, 3.63) is 320 Å². The van der Waals surface area contributed by atoms with E-state index in [-0.39, 0.29) is 0 Å². The van der Waals surface area contributed by atoms with Gasteiger partial charge in [-0.15, -0.1) is 0 Å². The molecule has 0 unspecified atom stereocenters. The average Bonchev–Trinajstić information content (AvgIpc) is 4.25. The summed E-state index contributed by atoms with van der Waals surface area (Å²) in [4.78, 5) is 11.1. The zero-order chi connectivity index (χ0) is 52.7. The van der Waals surface area contributed by atoms with Crippen molar-refractivity contribution in [1.29, 1.82) is 0 Å². The quantitative estimate of drug-likeness (QED) is 0.142. The van der Waals surface area contributed by atoms with E-state index in [1.165, 1.54) is 87.6 Å². The predicted octanol–water partition coefficient (Wildman–Crippen LogP) is 19.7. The van der Waals surface area contributed by atoms with Crippen molar-refractivity contribution in [2.24, 2.45) is 0 Å². The highest BCUT2D eigenvalue weighted by molar-refractivity contribution is 6.25. The van der Waals surface area contributed by atoms with Crippen LogP contribution in [0, 0.1) is 0 Å². The van der Waals surface area contributed by atoms with E-state index < -0.39 is 5.41 Å². The monoisotopic (exact) mass is 1020 g/mol. The molecule has 0 saturated heterocycles. The first-order chi connectivity index (χ1) is 39.7. The van der Waals surface area contributed by atoms with Gasteiger partial charge in [0.15, 0.2) is 5.82 Å². The Morgan fingerprint density at radius 3 is 1.40 bits per heavy atom. The number of hydrogen-bond donors (Lipinski definition) is 0. The number of hydrogen-bond acceptors (Lipinski definition) is 2. The number of aromatic nitrogens is 3. The number of benzene rings is 13. The maximum absolute atomic E-state index is 5.57. The molecule has 80 heavy (non-hydrogen) atoms. The summed E-state index contributed by atoms with van der Waals surface area (Å²) < 4.78 is 2.46. The molecule has 0 spiro atoms. The van der Waals surface area contributed by atoms with Crippen LogP contribution in [0.3, 0.4) is 0 Å². The Morgan fingerprint density at radius 2 is 0.725 bits per heavy atom. The highest BCUT2D eigenvalue weighted by atomic mass is 15.0. The second-order valence-corrected chi connectivity index (χ2v) is 21.2. The van der Waals surface area contributed by atoms with Gasteiger partial charge in [-0.1, -0.05) is 249 Å². The van der Waals surface area contributed by atoms with Crippen LogP contribution in [0.15, 0.2) is 297 Å².